The van der Waals surface area contributed by atoms with E-state index in [1.54, 1.807) is 6.08 Å². The molecule has 12 nitrogen and oxygen atoms in total. The maximum Gasteiger partial charge on any atom is 0.472 e. The van der Waals surface area contributed by atoms with E-state index >= 15 is 0 Å². The Kier molecular flexibility index (Phi) is 32.0. The van der Waals surface area contributed by atoms with Crippen LogP contribution >= 0.6 is 7.82 Å². The minimum atomic E-state index is -4.44. The highest BCUT2D eigenvalue weighted by Gasteiger charge is 2.39. The van der Waals surface area contributed by atoms with Gasteiger partial charge in [0.1, 0.15) is 6.61 Å². The van der Waals surface area contributed by atoms with E-state index in [4.69, 9.17) is 24.3 Å². The number of aliphatic hydroxyl groups excluding tert-OH is 3. The number of unbranched alkanes of at least 4 members (excludes halogenated alkanes) is 17. The van der Waals surface area contributed by atoms with Gasteiger partial charge in [-0.1, -0.05) is 147 Å². The second-order valence-corrected chi connectivity index (χ2v) is 17.0. The fourth-order valence-corrected chi connectivity index (χ4v) is 7.81. The Morgan fingerprint density at radius 3 is 1.93 bits per heavy atom. The van der Waals surface area contributed by atoms with Gasteiger partial charge in [0, 0.05) is 31.7 Å². The number of hydrogen-bond acceptors (Lipinski definition) is 11. The Balaban J connectivity index is 2.40. The molecule has 1 aliphatic carbocycles. The quantitative estimate of drug-likeness (QED) is 0.0173. The number of carbonyl (C=O) groups excluding carboxylic acids is 2. The summed E-state index contributed by atoms with van der Waals surface area (Å²) >= 11 is 0. The van der Waals surface area contributed by atoms with Crippen LogP contribution in [-0.2, 0) is 32.7 Å². The van der Waals surface area contributed by atoms with Crippen LogP contribution in [0.25, 0.3) is 0 Å². The van der Waals surface area contributed by atoms with Crippen molar-refractivity contribution in [3.8, 4) is 0 Å². The molecule has 1 aliphatic rings. The summed E-state index contributed by atoms with van der Waals surface area (Å²) in [7, 11) is -4.44. The van der Waals surface area contributed by atoms with Crippen LogP contribution < -0.4 is 5.73 Å². The van der Waals surface area contributed by atoms with E-state index in [1.807, 2.05) is 18.2 Å². The summed E-state index contributed by atoms with van der Waals surface area (Å²) in [6.45, 7) is 3.36. The van der Waals surface area contributed by atoms with Crippen molar-refractivity contribution in [1.82, 2.24) is 0 Å². The van der Waals surface area contributed by atoms with Gasteiger partial charge in [0.05, 0.1) is 31.5 Å². The van der Waals surface area contributed by atoms with Gasteiger partial charge >= 0.3 is 19.8 Å². The van der Waals surface area contributed by atoms with Crippen molar-refractivity contribution in [2.24, 2.45) is 17.6 Å². The van der Waals surface area contributed by atoms with Gasteiger partial charge in [-0.2, -0.15) is 0 Å². The monoisotopic (exact) mass is 818 g/mol. The highest BCUT2D eigenvalue weighted by atomic mass is 31.2. The number of esters is 2. The van der Waals surface area contributed by atoms with Gasteiger partial charge in [-0.25, -0.2) is 4.57 Å². The number of hydrogen-bond donors (Lipinski definition) is 5. The van der Waals surface area contributed by atoms with Gasteiger partial charge in [0.15, 0.2) is 6.10 Å². The zero-order valence-corrected chi connectivity index (χ0v) is 35.8. The van der Waals surface area contributed by atoms with Crippen molar-refractivity contribution < 1.29 is 52.9 Å². The second kappa shape index (κ2) is 34.3. The number of nitrogens with two attached hydrogens (primary N) is 1. The summed E-state index contributed by atoms with van der Waals surface area (Å²) in [6.07, 6.45) is 28.7. The molecule has 1 saturated carbocycles. The van der Waals surface area contributed by atoms with Crippen LogP contribution in [-0.4, -0.2) is 82.9 Å². The van der Waals surface area contributed by atoms with Crippen molar-refractivity contribution in [1.29, 1.82) is 0 Å². The van der Waals surface area contributed by atoms with E-state index in [0.717, 1.165) is 38.5 Å². The maximum absolute atomic E-state index is 12.7. The summed E-state index contributed by atoms with van der Waals surface area (Å²) < 4.78 is 32.8. The van der Waals surface area contributed by atoms with Gasteiger partial charge in [0.2, 0.25) is 0 Å². The molecule has 1 fully saturated rings. The third kappa shape index (κ3) is 27.9. The molecule has 0 aromatic heterocycles. The maximum atomic E-state index is 12.7. The first-order valence-corrected chi connectivity index (χ1v) is 23.6. The molecule has 0 aliphatic heterocycles. The topological polar surface area (TPSA) is 195 Å². The van der Waals surface area contributed by atoms with E-state index < -0.39 is 50.8 Å². The first-order valence-electron chi connectivity index (χ1n) is 22.1. The lowest BCUT2D eigenvalue weighted by atomic mass is 9.89. The van der Waals surface area contributed by atoms with E-state index in [9.17, 15) is 34.4 Å². The Morgan fingerprint density at radius 1 is 0.750 bits per heavy atom. The molecule has 0 radical (unpaired) electrons. The third-order valence-corrected chi connectivity index (χ3v) is 11.4. The number of rotatable bonds is 37. The normalized spacial score (nSPS) is 20.8. The van der Waals surface area contributed by atoms with Crippen molar-refractivity contribution in [3.63, 3.8) is 0 Å². The molecule has 1 rings (SSSR count). The summed E-state index contributed by atoms with van der Waals surface area (Å²) in [4.78, 5) is 35.0. The molecular formula is C43H80NO11P. The smallest absolute Gasteiger partial charge is 0.462 e. The van der Waals surface area contributed by atoms with Crippen molar-refractivity contribution in [3.05, 3.63) is 24.3 Å². The summed E-state index contributed by atoms with van der Waals surface area (Å²) in [5, 5.41) is 31.3. The average molecular weight is 818 g/mol. The van der Waals surface area contributed by atoms with E-state index in [0.29, 0.717) is 32.1 Å². The van der Waals surface area contributed by atoms with Gasteiger partial charge in [-0.3, -0.25) is 18.6 Å². The number of carbonyl (C=O) groups is 2. The highest BCUT2D eigenvalue weighted by Crippen LogP contribution is 2.43. The molecule has 0 heterocycles. The Morgan fingerprint density at radius 2 is 1.32 bits per heavy atom. The second-order valence-electron chi connectivity index (χ2n) is 15.5. The van der Waals surface area contributed by atoms with Crippen LogP contribution in [0.1, 0.15) is 174 Å². The van der Waals surface area contributed by atoms with Gasteiger partial charge in [-0.05, 0) is 38.0 Å². The van der Waals surface area contributed by atoms with Gasteiger partial charge in [0.25, 0.3) is 0 Å². The SMILES string of the molecule is CCCCCCCCCCCCCCCCCC(=O)OCC(COP(=O)(O)OCCN)OC(=O)CCC/C=C\CC1C(O)CC(O)C1/C=C/C(O)CCCCC. The summed E-state index contributed by atoms with van der Waals surface area (Å²) in [5.41, 5.74) is 5.34. The first kappa shape index (κ1) is 52.4. The van der Waals surface area contributed by atoms with E-state index in [-0.39, 0.29) is 50.9 Å². The summed E-state index contributed by atoms with van der Waals surface area (Å²) in [5.74, 6) is -1.43. The highest BCUT2D eigenvalue weighted by molar-refractivity contribution is 7.47. The standard InChI is InChI=1S/C43H80NO11P/c1-3-5-7-8-9-10-11-12-13-14-15-16-17-18-23-27-42(48)52-34-37(35-54-56(50,51)53-32-31-44)55-43(49)28-24-20-19-22-26-38-39(41(47)33-40(38)46)30-29-36(45)25-21-6-4-2/h19,22,29-30,36-41,45-47H,3-18,20-21,23-28,31-35,44H2,1-2H3,(H,50,51)/b22-19-,30-29+. The fraction of sp³-hybridized carbons (Fsp3) is 0.860. The predicted octanol–water partition coefficient (Wildman–Crippen LogP) is 8.77. The molecule has 328 valence electrons. The zero-order chi connectivity index (χ0) is 41.3. The van der Waals surface area contributed by atoms with Crippen molar-refractivity contribution in [2.45, 2.75) is 199 Å². The van der Waals surface area contributed by atoms with E-state index in [2.05, 4.69) is 13.8 Å². The molecule has 6 N–H and O–H groups in total. The zero-order valence-electron chi connectivity index (χ0n) is 35.0. The number of aliphatic hydroxyl groups is 3. The minimum absolute atomic E-state index is 0.0157. The Bertz CT molecular complexity index is 1090. The first-order chi connectivity index (χ1) is 27.0. The van der Waals surface area contributed by atoms with Gasteiger partial charge in [-0.15, -0.1) is 0 Å². The fourth-order valence-electron chi connectivity index (χ4n) is 7.04. The largest absolute Gasteiger partial charge is 0.472 e. The molecule has 0 aromatic rings. The third-order valence-electron chi connectivity index (χ3n) is 10.4. The predicted molar refractivity (Wildman–Crippen MR) is 222 cm³/mol. The van der Waals surface area contributed by atoms with Gasteiger partial charge < -0.3 is 35.4 Å². The number of allylic oxidation sites excluding steroid dienone is 2. The Hall–Kier alpha value is -1.63. The number of phosphoric acid groups is 1. The molecule has 7 unspecified atom stereocenters. The Labute approximate surface area is 339 Å². The molecule has 56 heavy (non-hydrogen) atoms. The molecule has 0 spiro atoms. The molecule has 13 heteroatoms. The molecule has 0 amide bonds. The lowest BCUT2D eigenvalue weighted by Crippen LogP contribution is -2.29. The lowest BCUT2D eigenvalue weighted by Gasteiger charge is -2.20. The van der Waals surface area contributed by atoms with Crippen LogP contribution in [0.15, 0.2) is 24.3 Å². The van der Waals surface area contributed by atoms with Crippen molar-refractivity contribution >= 4 is 19.8 Å². The average Bonchev–Trinajstić information content (AvgIpc) is 3.44. The van der Waals surface area contributed by atoms with Crippen LogP contribution in [0.2, 0.25) is 0 Å². The van der Waals surface area contributed by atoms with Crippen LogP contribution in [0.3, 0.4) is 0 Å². The molecular weight excluding hydrogens is 737 g/mol. The van der Waals surface area contributed by atoms with Crippen molar-refractivity contribution in [2.75, 3.05) is 26.4 Å². The number of ether oxygens (including phenoxy) is 2. The van der Waals surface area contributed by atoms with E-state index in [1.165, 1.54) is 70.6 Å². The molecule has 0 bridgehead atoms. The number of phosphoric ester groups is 1. The van der Waals surface area contributed by atoms with Crippen LogP contribution in [0.5, 0.6) is 0 Å². The lowest BCUT2D eigenvalue weighted by molar-refractivity contribution is -0.161. The van der Waals surface area contributed by atoms with Crippen LogP contribution in [0, 0.1) is 11.8 Å². The molecule has 0 saturated heterocycles. The van der Waals surface area contributed by atoms with Crippen LogP contribution in [0.4, 0.5) is 0 Å². The summed E-state index contributed by atoms with van der Waals surface area (Å²) in [6, 6.07) is 0. The minimum Gasteiger partial charge on any atom is -0.462 e. The molecule has 0 aromatic carbocycles. The molecule has 7 atom stereocenters.